The van der Waals surface area contributed by atoms with Gasteiger partial charge in [-0.05, 0) is 19.1 Å². The number of likely N-dealkylation sites (N-methyl/N-ethyl adjacent to an activating group) is 1. The third kappa shape index (κ3) is 3.53. The summed E-state index contributed by atoms with van der Waals surface area (Å²) in [4.78, 5) is 22.6. The van der Waals surface area contributed by atoms with Crippen molar-refractivity contribution in [3.05, 3.63) is 22.7 Å². The van der Waals surface area contributed by atoms with Gasteiger partial charge in [0.25, 0.3) is 5.91 Å². The first-order valence-corrected chi connectivity index (χ1v) is 5.73. The quantitative estimate of drug-likeness (QED) is 0.586. The second-order valence-corrected chi connectivity index (χ2v) is 4.00. The Morgan fingerprint density at radius 1 is 1.39 bits per heavy atom. The van der Waals surface area contributed by atoms with E-state index in [1.165, 1.54) is 12.1 Å². The van der Waals surface area contributed by atoms with Crippen molar-refractivity contribution in [2.24, 2.45) is 5.73 Å². The SMILES string of the molecule is CCNC(=O)CNc1c(Cl)cc(N)cc1C(N)=O. The van der Waals surface area contributed by atoms with Gasteiger partial charge >= 0.3 is 0 Å². The maximum absolute atomic E-state index is 11.3. The molecule has 6 nitrogen and oxygen atoms in total. The zero-order valence-electron chi connectivity index (χ0n) is 9.92. The molecule has 0 radical (unpaired) electrons. The molecule has 1 aromatic carbocycles. The number of nitrogens with two attached hydrogens (primary N) is 2. The molecule has 2 amide bonds. The van der Waals surface area contributed by atoms with E-state index in [0.717, 1.165) is 0 Å². The molecule has 0 fully saturated rings. The van der Waals surface area contributed by atoms with Crippen molar-refractivity contribution in [2.75, 3.05) is 24.1 Å². The van der Waals surface area contributed by atoms with Crippen LogP contribution in [0.25, 0.3) is 0 Å². The van der Waals surface area contributed by atoms with Gasteiger partial charge in [-0.15, -0.1) is 0 Å². The van der Waals surface area contributed by atoms with Crippen molar-refractivity contribution in [3.63, 3.8) is 0 Å². The predicted molar refractivity (Wildman–Crippen MR) is 71.6 cm³/mol. The number of hydrogen-bond donors (Lipinski definition) is 4. The van der Waals surface area contributed by atoms with Crippen LogP contribution in [-0.2, 0) is 4.79 Å². The van der Waals surface area contributed by atoms with Crippen LogP contribution in [0.15, 0.2) is 12.1 Å². The van der Waals surface area contributed by atoms with Crippen LogP contribution in [0, 0.1) is 0 Å². The summed E-state index contributed by atoms with van der Waals surface area (Å²) in [5.74, 6) is -0.872. The van der Waals surface area contributed by atoms with Gasteiger partial charge in [0, 0.05) is 12.2 Å². The van der Waals surface area contributed by atoms with Gasteiger partial charge < -0.3 is 22.1 Å². The van der Waals surface area contributed by atoms with Crippen molar-refractivity contribution in [1.82, 2.24) is 5.32 Å². The highest BCUT2D eigenvalue weighted by Crippen LogP contribution is 2.28. The van der Waals surface area contributed by atoms with E-state index in [9.17, 15) is 9.59 Å². The first-order valence-electron chi connectivity index (χ1n) is 5.35. The van der Waals surface area contributed by atoms with Crippen LogP contribution >= 0.6 is 11.6 Å². The summed E-state index contributed by atoms with van der Waals surface area (Å²) in [5, 5.41) is 5.63. The Balaban J connectivity index is 2.93. The molecule has 98 valence electrons. The van der Waals surface area contributed by atoms with E-state index >= 15 is 0 Å². The van der Waals surface area contributed by atoms with E-state index in [0.29, 0.717) is 17.9 Å². The molecule has 0 saturated heterocycles. The molecule has 0 aliphatic heterocycles. The van der Waals surface area contributed by atoms with Crippen LogP contribution in [0.5, 0.6) is 0 Å². The molecule has 0 saturated carbocycles. The van der Waals surface area contributed by atoms with Gasteiger partial charge in [0.15, 0.2) is 0 Å². The van der Waals surface area contributed by atoms with Gasteiger partial charge in [0.2, 0.25) is 5.91 Å². The van der Waals surface area contributed by atoms with Crippen molar-refractivity contribution < 1.29 is 9.59 Å². The minimum Gasteiger partial charge on any atom is -0.399 e. The minimum atomic E-state index is -0.664. The Morgan fingerprint density at radius 2 is 2.06 bits per heavy atom. The van der Waals surface area contributed by atoms with E-state index in [1.807, 2.05) is 6.92 Å². The standard InChI is InChI=1S/C11H15ClN4O2/c1-2-15-9(17)5-16-10-7(11(14)18)3-6(13)4-8(10)12/h3-4,16H,2,5,13H2,1H3,(H2,14,18)(H,15,17). The van der Waals surface area contributed by atoms with E-state index < -0.39 is 5.91 Å². The summed E-state index contributed by atoms with van der Waals surface area (Å²) in [6, 6.07) is 2.89. The smallest absolute Gasteiger partial charge is 0.250 e. The lowest BCUT2D eigenvalue weighted by Gasteiger charge is -2.12. The number of primary amides is 1. The average Bonchev–Trinajstić information content (AvgIpc) is 2.27. The summed E-state index contributed by atoms with van der Waals surface area (Å²) in [5.41, 5.74) is 11.6. The number of hydrogen-bond acceptors (Lipinski definition) is 4. The second-order valence-electron chi connectivity index (χ2n) is 3.60. The molecular formula is C11H15ClN4O2. The molecule has 0 aliphatic carbocycles. The number of carbonyl (C=O) groups is 2. The molecule has 0 aliphatic rings. The number of benzene rings is 1. The highest BCUT2D eigenvalue weighted by Gasteiger charge is 2.14. The fourth-order valence-corrected chi connectivity index (χ4v) is 1.72. The van der Waals surface area contributed by atoms with Crippen LogP contribution < -0.4 is 22.1 Å². The largest absolute Gasteiger partial charge is 0.399 e. The van der Waals surface area contributed by atoms with Gasteiger partial charge in [-0.3, -0.25) is 9.59 Å². The number of nitrogens with one attached hydrogen (secondary N) is 2. The van der Waals surface area contributed by atoms with E-state index in [2.05, 4.69) is 10.6 Å². The van der Waals surface area contributed by atoms with Gasteiger partial charge in [-0.25, -0.2) is 0 Å². The summed E-state index contributed by atoms with van der Waals surface area (Å²) in [6.07, 6.45) is 0. The Labute approximate surface area is 110 Å². The average molecular weight is 271 g/mol. The van der Waals surface area contributed by atoms with Crippen LogP contribution in [0.1, 0.15) is 17.3 Å². The van der Waals surface area contributed by atoms with Crippen LogP contribution in [0.2, 0.25) is 5.02 Å². The van der Waals surface area contributed by atoms with Crippen molar-refractivity contribution in [1.29, 1.82) is 0 Å². The molecule has 1 rings (SSSR count). The van der Waals surface area contributed by atoms with E-state index in [1.54, 1.807) is 0 Å². The third-order valence-corrected chi connectivity index (χ3v) is 2.48. The number of anilines is 2. The molecule has 7 heteroatoms. The maximum atomic E-state index is 11.3. The third-order valence-electron chi connectivity index (χ3n) is 2.18. The van der Waals surface area contributed by atoms with Gasteiger partial charge in [-0.2, -0.15) is 0 Å². The summed E-state index contributed by atoms with van der Waals surface area (Å²) in [7, 11) is 0. The maximum Gasteiger partial charge on any atom is 0.250 e. The lowest BCUT2D eigenvalue weighted by Crippen LogP contribution is -2.30. The van der Waals surface area contributed by atoms with Gasteiger partial charge in [-0.1, -0.05) is 11.6 Å². The number of rotatable bonds is 5. The molecule has 0 heterocycles. The summed E-state index contributed by atoms with van der Waals surface area (Å²) < 4.78 is 0. The van der Waals surface area contributed by atoms with Gasteiger partial charge in [0.1, 0.15) is 0 Å². The highest BCUT2D eigenvalue weighted by atomic mass is 35.5. The normalized spacial score (nSPS) is 9.89. The Bertz CT molecular complexity index is 476. The number of halogens is 1. The number of carbonyl (C=O) groups excluding carboxylic acids is 2. The van der Waals surface area contributed by atoms with Crippen molar-refractivity contribution in [3.8, 4) is 0 Å². The van der Waals surface area contributed by atoms with Crippen LogP contribution in [0.3, 0.4) is 0 Å². The fraction of sp³-hybridized carbons (Fsp3) is 0.273. The number of amides is 2. The fourth-order valence-electron chi connectivity index (χ4n) is 1.43. The van der Waals surface area contributed by atoms with Gasteiger partial charge in [0.05, 0.1) is 22.8 Å². The monoisotopic (exact) mass is 270 g/mol. The van der Waals surface area contributed by atoms with E-state index in [-0.39, 0.29) is 23.0 Å². The zero-order chi connectivity index (χ0) is 13.7. The topological polar surface area (TPSA) is 110 Å². The Hall–Kier alpha value is -1.95. The molecule has 6 N–H and O–H groups in total. The van der Waals surface area contributed by atoms with E-state index in [4.69, 9.17) is 23.1 Å². The van der Waals surface area contributed by atoms with Crippen LogP contribution in [-0.4, -0.2) is 24.9 Å². The predicted octanol–water partition coefficient (Wildman–Crippen LogP) is 0.569. The Morgan fingerprint density at radius 3 is 2.61 bits per heavy atom. The highest BCUT2D eigenvalue weighted by molar-refractivity contribution is 6.34. The molecular weight excluding hydrogens is 256 g/mol. The molecule has 0 atom stereocenters. The summed E-state index contributed by atoms with van der Waals surface area (Å²) >= 11 is 5.96. The molecule has 1 aromatic rings. The molecule has 0 unspecified atom stereocenters. The zero-order valence-corrected chi connectivity index (χ0v) is 10.7. The second kappa shape index (κ2) is 6.11. The first kappa shape index (κ1) is 14.1. The van der Waals surface area contributed by atoms with Crippen molar-refractivity contribution >= 4 is 34.8 Å². The first-order chi connectivity index (χ1) is 8.45. The minimum absolute atomic E-state index is 0.00222. The molecule has 0 bridgehead atoms. The lowest BCUT2D eigenvalue weighted by molar-refractivity contribution is -0.119. The molecule has 0 aromatic heterocycles. The Kier molecular flexibility index (Phi) is 4.79. The molecule has 0 spiro atoms. The van der Waals surface area contributed by atoms with Crippen molar-refractivity contribution in [2.45, 2.75) is 6.92 Å². The molecule has 18 heavy (non-hydrogen) atoms. The lowest BCUT2D eigenvalue weighted by atomic mass is 10.1. The number of nitrogen functional groups attached to an aromatic ring is 1. The van der Waals surface area contributed by atoms with Crippen LogP contribution in [0.4, 0.5) is 11.4 Å². The summed E-state index contributed by atoms with van der Waals surface area (Å²) in [6.45, 7) is 2.33.